The monoisotopic (exact) mass is 289 g/mol. The molecule has 2 aromatic rings. The summed E-state index contributed by atoms with van der Waals surface area (Å²) in [5, 5.41) is 3.26. The second-order valence-corrected chi connectivity index (χ2v) is 5.87. The molecule has 1 saturated heterocycles. The lowest BCUT2D eigenvalue weighted by Crippen LogP contribution is -2.44. The molecule has 1 aliphatic rings. The van der Waals surface area contributed by atoms with Gasteiger partial charge in [-0.15, -0.1) is 11.3 Å². The molecule has 0 saturated carbocycles. The van der Waals surface area contributed by atoms with Crippen molar-refractivity contribution < 1.29 is 4.74 Å². The number of rotatable bonds is 3. The van der Waals surface area contributed by atoms with Crippen LogP contribution in [0.1, 0.15) is 0 Å². The van der Waals surface area contributed by atoms with Crippen molar-refractivity contribution in [3.05, 3.63) is 29.6 Å². The van der Waals surface area contributed by atoms with E-state index in [-0.39, 0.29) is 0 Å². The van der Waals surface area contributed by atoms with Gasteiger partial charge in [0.2, 0.25) is 0 Å². The first-order chi connectivity index (χ1) is 9.76. The number of methoxy groups -OCH3 is 1. The summed E-state index contributed by atoms with van der Waals surface area (Å²) in [6.07, 6.45) is 0. The van der Waals surface area contributed by atoms with E-state index >= 15 is 0 Å². The molecule has 0 bridgehead atoms. The van der Waals surface area contributed by atoms with E-state index in [9.17, 15) is 0 Å². The molecule has 4 nitrogen and oxygen atoms in total. The van der Waals surface area contributed by atoms with E-state index in [0.717, 1.165) is 48.3 Å². The van der Waals surface area contributed by atoms with Crippen LogP contribution in [0.5, 0.6) is 5.75 Å². The van der Waals surface area contributed by atoms with Crippen molar-refractivity contribution in [1.29, 1.82) is 0 Å². The van der Waals surface area contributed by atoms with Crippen LogP contribution in [0, 0.1) is 0 Å². The van der Waals surface area contributed by atoms with Crippen LogP contribution in [0.4, 0.5) is 5.13 Å². The van der Waals surface area contributed by atoms with Crippen molar-refractivity contribution in [2.75, 3.05) is 45.2 Å². The van der Waals surface area contributed by atoms with E-state index < -0.39 is 0 Å². The van der Waals surface area contributed by atoms with Gasteiger partial charge in [-0.1, -0.05) is 0 Å². The first-order valence-electron chi connectivity index (χ1n) is 6.80. The van der Waals surface area contributed by atoms with Crippen molar-refractivity contribution in [3.63, 3.8) is 0 Å². The zero-order valence-corrected chi connectivity index (χ0v) is 12.7. The highest BCUT2D eigenvalue weighted by Gasteiger charge is 2.17. The van der Waals surface area contributed by atoms with Gasteiger partial charge in [-0.05, 0) is 31.3 Å². The average Bonchev–Trinajstić information content (AvgIpc) is 2.98. The summed E-state index contributed by atoms with van der Waals surface area (Å²) >= 11 is 1.73. The molecule has 20 heavy (non-hydrogen) atoms. The van der Waals surface area contributed by atoms with Crippen molar-refractivity contribution >= 4 is 16.5 Å². The van der Waals surface area contributed by atoms with E-state index in [0.29, 0.717) is 0 Å². The summed E-state index contributed by atoms with van der Waals surface area (Å²) < 4.78 is 5.18. The van der Waals surface area contributed by atoms with E-state index in [2.05, 4.69) is 34.4 Å². The predicted molar refractivity (Wildman–Crippen MR) is 83.8 cm³/mol. The molecule has 5 heteroatoms. The number of thiazole rings is 1. The smallest absolute Gasteiger partial charge is 0.185 e. The zero-order valence-electron chi connectivity index (χ0n) is 11.9. The molecule has 0 aliphatic carbocycles. The number of anilines is 1. The Balaban J connectivity index is 1.75. The summed E-state index contributed by atoms with van der Waals surface area (Å²) in [5.74, 6) is 0.878. The summed E-state index contributed by atoms with van der Waals surface area (Å²) in [7, 11) is 3.85. The Hall–Kier alpha value is -1.59. The second kappa shape index (κ2) is 5.81. The molecule has 1 aromatic carbocycles. The number of hydrogen-bond acceptors (Lipinski definition) is 5. The van der Waals surface area contributed by atoms with Gasteiger partial charge < -0.3 is 14.5 Å². The molecule has 0 amide bonds. The van der Waals surface area contributed by atoms with Gasteiger partial charge in [0.05, 0.1) is 12.8 Å². The molecule has 0 N–H and O–H groups in total. The maximum Gasteiger partial charge on any atom is 0.185 e. The van der Waals surface area contributed by atoms with Crippen LogP contribution in [0.3, 0.4) is 0 Å². The molecule has 0 radical (unpaired) electrons. The van der Waals surface area contributed by atoms with Crippen LogP contribution in [0.25, 0.3) is 11.3 Å². The van der Waals surface area contributed by atoms with Gasteiger partial charge >= 0.3 is 0 Å². The number of hydrogen-bond donors (Lipinski definition) is 0. The molecule has 1 aliphatic heterocycles. The number of benzene rings is 1. The molecule has 106 valence electrons. The first-order valence-corrected chi connectivity index (χ1v) is 7.67. The van der Waals surface area contributed by atoms with Gasteiger partial charge in [-0.3, -0.25) is 0 Å². The number of piperazine rings is 1. The Bertz CT molecular complexity index is 559. The average molecular weight is 289 g/mol. The maximum absolute atomic E-state index is 5.18. The Morgan fingerprint density at radius 2 is 1.80 bits per heavy atom. The lowest BCUT2D eigenvalue weighted by molar-refractivity contribution is 0.313. The van der Waals surface area contributed by atoms with Gasteiger partial charge in [0.15, 0.2) is 5.13 Å². The SMILES string of the molecule is COc1ccc(-c2csc(N3CCN(C)CC3)n2)cc1. The number of nitrogens with zero attached hydrogens (tertiary/aromatic N) is 3. The molecule has 0 unspecified atom stereocenters. The van der Waals surface area contributed by atoms with Crippen molar-refractivity contribution in [3.8, 4) is 17.0 Å². The lowest BCUT2D eigenvalue weighted by atomic mass is 10.2. The van der Waals surface area contributed by atoms with Crippen molar-refractivity contribution in [2.24, 2.45) is 0 Å². The number of likely N-dealkylation sites (N-methyl/N-ethyl adjacent to an activating group) is 1. The highest BCUT2D eigenvalue weighted by atomic mass is 32.1. The molecule has 2 heterocycles. The number of aromatic nitrogens is 1. The summed E-state index contributed by atoms with van der Waals surface area (Å²) in [4.78, 5) is 9.50. The molecule has 1 fully saturated rings. The quantitative estimate of drug-likeness (QED) is 0.868. The minimum Gasteiger partial charge on any atom is -0.497 e. The van der Waals surface area contributed by atoms with E-state index in [1.54, 1.807) is 18.4 Å². The van der Waals surface area contributed by atoms with Crippen molar-refractivity contribution in [2.45, 2.75) is 0 Å². The molecular weight excluding hydrogens is 270 g/mol. The lowest BCUT2D eigenvalue weighted by Gasteiger charge is -2.32. The fraction of sp³-hybridized carbons (Fsp3) is 0.400. The molecule has 1 aromatic heterocycles. The van der Waals surface area contributed by atoms with Crippen LogP contribution in [0.15, 0.2) is 29.6 Å². The van der Waals surface area contributed by atoms with Gasteiger partial charge in [0, 0.05) is 37.1 Å². The van der Waals surface area contributed by atoms with E-state index in [4.69, 9.17) is 9.72 Å². The Labute approximate surface area is 123 Å². The van der Waals surface area contributed by atoms with Gasteiger partial charge in [0.25, 0.3) is 0 Å². The zero-order chi connectivity index (χ0) is 13.9. The fourth-order valence-electron chi connectivity index (χ4n) is 2.30. The Kier molecular flexibility index (Phi) is 3.89. The largest absolute Gasteiger partial charge is 0.497 e. The maximum atomic E-state index is 5.18. The predicted octanol–water partition coefficient (Wildman–Crippen LogP) is 2.57. The normalized spacial score (nSPS) is 16.4. The minimum atomic E-state index is 0.878. The van der Waals surface area contributed by atoms with Gasteiger partial charge in [0.1, 0.15) is 5.75 Å². The van der Waals surface area contributed by atoms with Gasteiger partial charge in [-0.25, -0.2) is 4.98 Å². The molecular formula is C15H19N3OS. The van der Waals surface area contributed by atoms with Crippen LogP contribution in [-0.2, 0) is 0 Å². The summed E-state index contributed by atoms with van der Waals surface area (Å²) in [6.45, 7) is 4.34. The molecule has 0 atom stereocenters. The third-order valence-electron chi connectivity index (χ3n) is 3.65. The fourth-order valence-corrected chi connectivity index (χ4v) is 3.19. The van der Waals surface area contributed by atoms with Crippen LogP contribution in [-0.4, -0.2) is 50.2 Å². The third-order valence-corrected chi connectivity index (χ3v) is 4.55. The molecule has 3 rings (SSSR count). The van der Waals surface area contributed by atoms with Crippen LogP contribution >= 0.6 is 11.3 Å². The Morgan fingerprint density at radius 1 is 1.10 bits per heavy atom. The minimum absolute atomic E-state index is 0.878. The summed E-state index contributed by atoms with van der Waals surface area (Å²) in [5.41, 5.74) is 2.19. The van der Waals surface area contributed by atoms with Crippen LogP contribution in [0.2, 0.25) is 0 Å². The van der Waals surface area contributed by atoms with Gasteiger partial charge in [-0.2, -0.15) is 0 Å². The van der Waals surface area contributed by atoms with Crippen molar-refractivity contribution in [1.82, 2.24) is 9.88 Å². The highest BCUT2D eigenvalue weighted by molar-refractivity contribution is 7.14. The van der Waals surface area contributed by atoms with E-state index in [1.807, 2.05) is 12.1 Å². The second-order valence-electron chi connectivity index (χ2n) is 5.03. The highest BCUT2D eigenvalue weighted by Crippen LogP contribution is 2.28. The topological polar surface area (TPSA) is 28.6 Å². The summed E-state index contributed by atoms with van der Waals surface area (Å²) in [6, 6.07) is 8.07. The third kappa shape index (κ3) is 2.78. The molecule has 0 spiro atoms. The Morgan fingerprint density at radius 3 is 2.45 bits per heavy atom. The first kappa shape index (κ1) is 13.4. The van der Waals surface area contributed by atoms with Crippen LogP contribution < -0.4 is 9.64 Å². The number of ether oxygens (including phenoxy) is 1. The standard InChI is InChI=1S/C15H19N3OS/c1-17-7-9-18(10-8-17)15-16-14(11-20-15)12-3-5-13(19-2)6-4-12/h3-6,11H,7-10H2,1-2H3. The van der Waals surface area contributed by atoms with E-state index in [1.165, 1.54) is 0 Å².